The van der Waals surface area contributed by atoms with Crippen molar-refractivity contribution in [2.24, 2.45) is 0 Å². The molecule has 0 aliphatic carbocycles. The summed E-state index contributed by atoms with van der Waals surface area (Å²) in [6.45, 7) is 4.19. The van der Waals surface area contributed by atoms with Crippen LogP contribution in [-0.2, 0) is 0 Å². The molecule has 2 aromatic rings. The Balaban J connectivity index is 2.09. The van der Waals surface area contributed by atoms with Gasteiger partial charge in [0.1, 0.15) is 5.82 Å². The van der Waals surface area contributed by atoms with Gasteiger partial charge in [0.15, 0.2) is 0 Å². The normalized spacial score (nSPS) is 11.8. The van der Waals surface area contributed by atoms with E-state index in [-0.39, 0.29) is 10.6 Å². The smallest absolute Gasteiger partial charge is 0.260 e. The average Bonchev–Trinajstić information content (AvgIpc) is 2.49. The summed E-state index contributed by atoms with van der Waals surface area (Å²) >= 11 is 5.88. The minimum Gasteiger partial charge on any atom is -0.383 e. The van der Waals surface area contributed by atoms with Crippen LogP contribution in [0.4, 0.5) is 15.8 Å². The van der Waals surface area contributed by atoms with E-state index in [2.05, 4.69) is 24.5 Å². The van der Waals surface area contributed by atoms with Crippen LogP contribution >= 0.6 is 11.6 Å². The minimum atomic E-state index is -0.639. The van der Waals surface area contributed by atoms with Gasteiger partial charge in [0.05, 0.1) is 10.6 Å². The lowest BCUT2D eigenvalue weighted by Gasteiger charge is -2.13. The number of anilines is 2. The summed E-state index contributed by atoms with van der Waals surface area (Å²) in [7, 11) is 0. The number of hydrogen-bond donors (Lipinski definition) is 2. The molecule has 1 amide bonds. The second-order valence-corrected chi connectivity index (χ2v) is 5.49. The molecule has 0 saturated heterocycles. The van der Waals surface area contributed by atoms with Gasteiger partial charge in [-0.05, 0) is 49.7 Å². The first-order valence-electron chi connectivity index (χ1n) is 7.13. The van der Waals surface area contributed by atoms with E-state index in [1.165, 1.54) is 18.2 Å². The molecule has 22 heavy (non-hydrogen) atoms. The summed E-state index contributed by atoms with van der Waals surface area (Å²) in [5, 5.41) is 6.06. The highest BCUT2D eigenvalue weighted by Crippen LogP contribution is 2.21. The largest absolute Gasteiger partial charge is 0.383 e. The Labute approximate surface area is 134 Å². The van der Waals surface area contributed by atoms with E-state index in [1.807, 2.05) is 12.1 Å². The van der Waals surface area contributed by atoms with Crippen molar-refractivity contribution in [1.82, 2.24) is 0 Å². The second-order valence-electron chi connectivity index (χ2n) is 5.08. The van der Waals surface area contributed by atoms with Gasteiger partial charge < -0.3 is 10.6 Å². The van der Waals surface area contributed by atoms with E-state index >= 15 is 0 Å². The van der Waals surface area contributed by atoms with Crippen molar-refractivity contribution in [3.8, 4) is 0 Å². The fourth-order valence-corrected chi connectivity index (χ4v) is 2.19. The van der Waals surface area contributed by atoms with E-state index in [4.69, 9.17) is 11.6 Å². The third kappa shape index (κ3) is 3.98. The molecule has 1 atom stereocenters. The number of rotatable bonds is 5. The van der Waals surface area contributed by atoms with Crippen molar-refractivity contribution in [2.75, 3.05) is 10.6 Å². The highest BCUT2D eigenvalue weighted by atomic mass is 35.5. The minimum absolute atomic E-state index is 0.0903. The van der Waals surface area contributed by atoms with Crippen molar-refractivity contribution in [2.45, 2.75) is 26.3 Å². The zero-order valence-corrected chi connectivity index (χ0v) is 13.2. The van der Waals surface area contributed by atoms with Crippen LogP contribution < -0.4 is 10.6 Å². The van der Waals surface area contributed by atoms with Crippen LogP contribution in [0.15, 0.2) is 42.5 Å². The van der Waals surface area contributed by atoms with Crippen LogP contribution in [0, 0.1) is 5.82 Å². The van der Waals surface area contributed by atoms with Crippen molar-refractivity contribution >= 4 is 28.9 Å². The van der Waals surface area contributed by atoms with Gasteiger partial charge in [-0.2, -0.15) is 0 Å². The zero-order chi connectivity index (χ0) is 16.1. The van der Waals surface area contributed by atoms with E-state index < -0.39 is 11.7 Å². The van der Waals surface area contributed by atoms with Gasteiger partial charge in [0, 0.05) is 17.4 Å². The van der Waals surface area contributed by atoms with Gasteiger partial charge in [-0.1, -0.05) is 24.6 Å². The van der Waals surface area contributed by atoms with E-state index in [9.17, 15) is 9.18 Å². The van der Waals surface area contributed by atoms with Crippen LogP contribution in [-0.4, -0.2) is 11.9 Å². The number of halogens is 2. The first-order valence-corrected chi connectivity index (χ1v) is 7.51. The number of amides is 1. The Morgan fingerprint density at radius 2 is 1.82 bits per heavy atom. The van der Waals surface area contributed by atoms with Gasteiger partial charge in [-0.25, -0.2) is 4.39 Å². The number of hydrogen-bond acceptors (Lipinski definition) is 2. The predicted molar refractivity (Wildman–Crippen MR) is 89.2 cm³/mol. The molecule has 0 radical (unpaired) electrons. The molecule has 0 aliphatic heterocycles. The maximum Gasteiger partial charge on any atom is 0.260 e. The fourth-order valence-electron chi connectivity index (χ4n) is 1.94. The van der Waals surface area contributed by atoms with Gasteiger partial charge in [-0.3, -0.25) is 4.79 Å². The lowest BCUT2D eigenvalue weighted by Crippen LogP contribution is -2.15. The molecule has 0 fully saturated rings. The molecule has 5 heteroatoms. The highest BCUT2D eigenvalue weighted by molar-refractivity contribution is 6.34. The molecule has 0 saturated carbocycles. The van der Waals surface area contributed by atoms with Crippen LogP contribution in [0.5, 0.6) is 0 Å². The third-order valence-corrected chi connectivity index (χ3v) is 3.67. The van der Waals surface area contributed by atoms with Crippen LogP contribution in [0.3, 0.4) is 0 Å². The molecule has 2 aromatic carbocycles. The Morgan fingerprint density at radius 1 is 1.18 bits per heavy atom. The van der Waals surface area contributed by atoms with Gasteiger partial charge in [0.2, 0.25) is 0 Å². The lowest BCUT2D eigenvalue weighted by molar-refractivity contribution is 0.102. The molecular formula is C17H18ClFN2O. The standard InChI is InChI=1S/C17H18ClFN2O/c1-3-11(2)20-12-7-9-13(10-8-12)21-17(22)16-14(18)5-4-6-15(16)19/h4-11,20H,3H2,1-2H3,(H,21,22). The second kappa shape index (κ2) is 7.27. The maximum absolute atomic E-state index is 13.7. The zero-order valence-electron chi connectivity index (χ0n) is 12.5. The molecule has 2 N–H and O–H groups in total. The molecule has 1 unspecified atom stereocenters. The van der Waals surface area contributed by atoms with E-state index in [0.29, 0.717) is 11.7 Å². The molecule has 0 aliphatic rings. The highest BCUT2D eigenvalue weighted by Gasteiger charge is 2.15. The summed E-state index contributed by atoms with van der Waals surface area (Å²) in [6.07, 6.45) is 1.02. The molecule has 0 spiro atoms. The predicted octanol–water partition coefficient (Wildman–Crippen LogP) is 4.94. The molecular weight excluding hydrogens is 303 g/mol. The van der Waals surface area contributed by atoms with Crippen molar-refractivity contribution in [1.29, 1.82) is 0 Å². The SMILES string of the molecule is CCC(C)Nc1ccc(NC(=O)c2c(F)cccc2Cl)cc1. The fraction of sp³-hybridized carbons (Fsp3) is 0.235. The summed E-state index contributed by atoms with van der Waals surface area (Å²) in [4.78, 5) is 12.1. The average molecular weight is 321 g/mol. The van der Waals surface area contributed by atoms with Crippen LogP contribution in [0.1, 0.15) is 30.6 Å². The number of nitrogens with one attached hydrogen (secondary N) is 2. The van der Waals surface area contributed by atoms with Crippen molar-refractivity contribution in [3.05, 3.63) is 58.9 Å². The number of benzene rings is 2. The van der Waals surface area contributed by atoms with Gasteiger partial charge in [-0.15, -0.1) is 0 Å². The Bertz CT molecular complexity index is 638. The molecule has 2 rings (SSSR count). The van der Waals surface area contributed by atoms with E-state index in [1.54, 1.807) is 12.1 Å². The topological polar surface area (TPSA) is 41.1 Å². The molecule has 0 bridgehead atoms. The number of carbonyl (C=O) groups excluding carboxylic acids is 1. The lowest BCUT2D eigenvalue weighted by atomic mass is 10.2. The van der Waals surface area contributed by atoms with Crippen LogP contribution in [0.2, 0.25) is 5.02 Å². The van der Waals surface area contributed by atoms with Gasteiger partial charge in [0.25, 0.3) is 5.91 Å². The monoisotopic (exact) mass is 320 g/mol. The molecule has 0 aromatic heterocycles. The van der Waals surface area contributed by atoms with E-state index in [0.717, 1.165) is 12.1 Å². The third-order valence-electron chi connectivity index (χ3n) is 3.36. The summed E-state index contributed by atoms with van der Waals surface area (Å²) in [5.41, 5.74) is 1.40. The van der Waals surface area contributed by atoms with Crippen LogP contribution in [0.25, 0.3) is 0 Å². The summed E-state index contributed by atoms with van der Waals surface area (Å²) in [6, 6.07) is 11.8. The molecule has 3 nitrogen and oxygen atoms in total. The Hall–Kier alpha value is -2.07. The van der Waals surface area contributed by atoms with Crippen molar-refractivity contribution in [3.63, 3.8) is 0 Å². The maximum atomic E-state index is 13.7. The van der Waals surface area contributed by atoms with Crippen molar-refractivity contribution < 1.29 is 9.18 Å². The summed E-state index contributed by atoms with van der Waals surface area (Å²) in [5.74, 6) is -1.20. The Kier molecular flexibility index (Phi) is 5.39. The quantitative estimate of drug-likeness (QED) is 0.819. The van der Waals surface area contributed by atoms with Gasteiger partial charge >= 0.3 is 0 Å². The first kappa shape index (κ1) is 16.3. The molecule has 116 valence electrons. The summed E-state index contributed by atoms with van der Waals surface area (Å²) < 4.78 is 13.7. The number of carbonyl (C=O) groups is 1. The Morgan fingerprint density at radius 3 is 2.41 bits per heavy atom. The first-order chi connectivity index (χ1) is 10.5. The molecule has 0 heterocycles.